The largest absolute Gasteiger partial charge is 0.380 e. The van der Waals surface area contributed by atoms with Crippen LogP contribution in [-0.4, -0.2) is 31.2 Å². The van der Waals surface area contributed by atoms with Gasteiger partial charge >= 0.3 is 0 Å². The summed E-state index contributed by atoms with van der Waals surface area (Å²) in [7, 11) is 0. The molecule has 0 aromatic carbocycles. The highest BCUT2D eigenvalue weighted by molar-refractivity contribution is 5.78. The lowest BCUT2D eigenvalue weighted by molar-refractivity contribution is -0.127. The van der Waals surface area contributed by atoms with E-state index in [9.17, 15) is 4.79 Å². The molecule has 0 spiro atoms. The number of nitrogens with two attached hydrogens (primary N) is 1. The van der Waals surface area contributed by atoms with Crippen LogP contribution < -0.4 is 11.1 Å². The standard InChI is InChI=1S/C14H28N2O2/c1-4-18-9-10(2)16-14(17)11(3)12-6-5-7-13(15)8-12/h10-13H,4-9,15H2,1-3H3,(H,16,17). The van der Waals surface area contributed by atoms with Gasteiger partial charge in [-0.1, -0.05) is 13.3 Å². The van der Waals surface area contributed by atoms with Gasteiger partial charge in [0, 0.05) is 24.6 Å². The van der Waals surface area contributed by atoms with Gasteiger partial charge in [0.25, 0.3) is 0 Å². The molecular formula is C14H28N2O2. The van der Waals surface area contributed by atoms with Crippen LogP contribution in [0.3, 0.4) is 0 Å². The van der Waals surface area contributed by atoms with E-state index in [4.69, 9.17) is 10.5 Å². The summed E-state index contributed by atoms with van der Waals surface area (Å²) in [5.41, 5.74) is 5.98. The van der Waals surface area contributed by atoms with Crippen molar-refractivity contribution in [3.63, 3.8) is 0 Å². The Labute approximate surface area is 111 Å². The second kappa shape index (κ2) is 7.74. The van der Waals surface area contributed by atoms with Crippen LogP contribution >= 0.6 is 0 Å². The van der Waals surface area contributed by atoms with Crippen LogP contribution in [0.1, 0.15) is 46.5 Å². The van der Waals surface area contributed by atoms with E-state index in [2.05, 4.69) is 5.32 Å². The third-order valence-electron chi connectivity index (χ3n) is 3.84. The molecule has 1 rings (SSSR count). The highest BCUT2D eigenvalue weighted by Gasteiger charge is 2.28. The summed E-state index contributed by atoms with van der Waals surface area (Å²) in [5.74, 6) is 0.634. The second-order valence-electron chi connectivity index (χ2n) is 5.54. The first-order chi connectivity index (χ1) is 8.54. The molecular weight excluding hydrogens is 228 g/mol. The number of nitrogens with one attached hydrogen (secondary N) is 1. The molecule has 0 aliphatic heterocycles. The van der Waals surface area contributed by atoms with Gasteiger partial charge in [0.15, 0.2) is 0 Å². The fourth-order valence-corrected chi connectivity index (χ4v) is 2.65. The van der Waals surface area contributed by atoms with Crippen LogP contribution in [0.25, 0.3) is 0 Å². The Kier molecular flexibility index (Phi) is 6.65. The van der Waals surface area contributed by atoms with E-state index >= 15 is 0 Å². The molecule has 0 aromatic heterocycles. The minimum atomic E-state index is 0.0560. The predicted molar refractivity (Wildman–Crippen MR) is 73.2 cm³/mol. The maximum Gasteiger partial charge on any atom is 0.223 e. The zero-order valence-corrected chi connectivity index (χ0v) is 11.9. The summed E-state index contributed by atoms with van der Waals surface area (Å²) >= 11 is 0. The van der Waals surface area contributed by atoms with Gasteiger partial charge in [-0.05, 0) is 39.0 Å². The van der Waals surface area contributed by atoms with Crippen LogP contribution in [0, 0.1) is 11.8 Å². The van der Waals surface area contributed by atoms with Crippen molar-refractivity contribution in [3.8, 4) is 0 Å². The molecule has 1 amide bonds. The molecule has 0 aromatic rings. The number of carbonyl (C=O) groups excluding carboxylic acids is 1. The Balaban J connectivity index is 2.35. The van der Waals surface area contributed by atoms with Crippen LogP contribution in [0.5, 0.6) is 0 Å². The first-order valence-corrected chi connectivity index (χ1v) is 7.18. The minimum absolute atomic E-state index is 0.0560. The Morgan fingerprint density at radius 2 is 2.17 bits per heavy atom. The summed E-state index contributed by atoms with van der Waals surface area (Å²) in [6.07, 6.45) is 4.36. The number of rotatable bonds is 6. The van der Waals surface area contributed by atoms with E-state index in [1.54, 1.807) is 0 Å². The number of ether oxygens (including phenoxy) is 1. The van der Waals surface area contributed by atoms with Crippen molar-refractivity contribution in [2.24, 2.45) is 17.6 Å². The smallest absolute Gasteiger partial charge is 0.223 e. The SMILES string of the molecule is CCOCC(C)NC(=O)C(C)C1CCCC(N)C1. The Hall–Kier alpha value is -0.610. The molecule has 0 radical (unpaired) electrons. The normalized spacial score (nSPS) is 27.6. The van der Waals surface area contributed by atoms with Gasteiger partial charge in [-0.2, -0.15) is 0 Å². The predicted octanol–water partition coefficient (Wildman–Crippen LogP) is 1.68. The Bertz CT molecular complexity index is 258. The summed E-state index contributed by atoms with van der Waals surface area (Å²) in [6, 6.07) is 0.358. The summed E-state index contributed by atoms with van der Waals surface area (Å²) < 4.78 is 5.30. The van der Waals surface area contributed by atoms with Gasteiger partial charge in [0.1, 0.15) is 0 Å². The molecule has 1 saturated carbocycles. The Morgan fingerprint density at radius 1 is 1.44 bits per heavy atom. The van der Waals surface area contributed by atoms with Crippen molar-refractivity contribution < 1.29 is 9.53 Å². The molecule has 3 N–H and O–H groups in total. The van der Waals surface area contributed by atoms with Crippen molar-refractivity contribution >= 4 is 5.91 Å². The maximum absolute atomic E-state index is 12.1. The summed E-state index contributed by atoms with van der Waals surface area (Å²) in [5, 5.41) is 3.02. The van der Waals surface area contributed by atoms with Gasteiger partial charge in [-0.3, -0.25) is 4.79 Å². The molecule has 4 atom stereocenters. The molecule has 0 heterocycles. The van der Waals surface area contributed by atoms with E-state index in [1.807, 2.05) is 20.8 Å². The summed E-state index contributed by atoms with van der Waals surface area (Å²) in [6.45, 7) is 7.23. The zero-order chi connectivity index (χ0) is 13.5. The molecule has 0 saturated heterocycles. The average molecular weight is 256 g/mol. The molecule has 4 nitrogen and oxygen atoms in total. The van der Waals surface area contributed by atoms with Crippen LogP contribution in [0.15, 0.2) is 0 Å². The van der Waals surface area contributed by atoms with Gasteiger partial charge in [-0.15, -0.1) is 0 Å². The molecule has 4 unspecified atom stereocenters. The van der Waals surface area contributed by atoms with E-state index < -0.39 is 0 Å². The first-order valence-electron chi connectivity index (χ1n) is 7.18. The second-order valence-corrected chi connectivity index (χ2v) is 5.54. The van der Waals surface area contributed by atoms with Crippen molar-refractivity contribution in [2.45, 2.75) is 58.5 Å². The quantitative estimate of drug-likeness (QED) is 0.760. The Morgan fingerprint density at radius 3 is 2.78 bits per heavy atom. The third kappa shape index (κ3) is 4.94. The average Bonchev–Trinajstić information content (AvgIpc) is 2.35. The highest BCUT2D eigenvalue weighted by Crippen LogP contribution is 2.29. The van der Waals surface area contributed by atoms with E-state index in [1.165, 1.54) is 0 Å². The fourth-order valence-electron chi connectivity index (χ4n) is 2.65. The maximum atomic E-state index is 12.1. The lowest BCUT2D eigenvalue weighted by Gasteiger charge is -2.31. The third-order valence-corrected chi connectivity index (χ3v) is 3.84. The van der Waals surface area contributed by atoms with E-state index in [0.29, 0.717) is 19.1 Å². The van der Waals surface area contributed by atoms with Crippen molar-refractivity contribution in [3.05, 3.63) is 0 Å². The highest BCUT2D eigenvalue weighted by atomic mass is 16.5. The topological polar surface area (TPSA) is 64.3 Å². The molecule has 1 aliphatic rings. The molecule has 1 aliphatic carbocycles. The van der Waals surface area contributed by atoms with E-state index in [-0.39, 0.29) is 23.9 Å². The van der Waals surface area contributed by atoms with Crippen LogP contribution in [0.4, 0.5) is 0 Å². The molecule has 0 bridgehead atoms. The van der Waals surface area contributed by atoms with Crippen molar-refractivity contribution in [1.82, 2.24) is 5.32 Å². The van der Waals surface area contributed by atoms with Crippen LogP contribution in [-0.2, 0) is 9.53 Å². The first kappa shape index (κ1) is 15.4. The molecule has 4 heteroatoms. The van der Waals surface area contributed by atoms with Gasteiger partial charge < -0.3 is 15.8 Å². The zero-order valence-electron chi connectivity index (χ0n) is 11.9. The fraction of sp³-hybridized carbons (Fsp3) is 0.929. The lowest BCUT2D eigenvalue weighted by atomic mass is 9.78. The van der Waals surface area contributed by atoms with Crippen molar-refractivity contribution in [2.75, 3.05) is 13.2 Å². The lowest BCUT2D eigenvalue weighted by Crippen LogP contribution is -2.42. The van der Waals surface area contributed by atoms with Crippen molar-refractivity contribution in [1.29, 1.82) is 0 Å². The number of carbonyl (C=O) groups is 1. The number of hydrogen-bond acceptors (Lipinski definition) is 3. The number of amides is 1. The molecule has 106 valence electrons. The van der Waals surface area contributed by atoms with Gasteiger partial charge in [-0.25, -0.2) is 0 Å². The summed E-state index contributed by atoms with van der Waals surface area (Å²) in [4.78, 5) is 12.1. The molecule has 18 heavy (non-hydrogen) atoms. The van der Waals surface area contributed by atoms with E-state index in [0.717, 1.165) is 25.7 Å². The van der Waals surface area contributed by atoms with Gasteiger partial charge in [0.05, 0.1) is 6.61 Å². The van der Waals surface area contributed by atoms with Gasteiger partial charge in [0.2, 0.25) is 5.91 Å². The monoisotopic (exact) mass is 256 g/mol. The number of hydrogen-bond donors (Lipinski definition) is 2. The molecule has 1 fully saturated rings. The van der Waals surface area contributed by atoms with Crippen LogP contribution in [0.2, 0.25) is 0 Å². The minimum Gasteiger partial charge on any atom is -0.380 e.